The Balaban J connectivity index is 1.82. The topological polar surface area (TPSA) is 49.0 Å². The third kappa shape index (κ3) is 2.95. The molecule has 1 aliphatic rings. The van der Waals surface area contributed by atoms with Crippen molar-refractivity contribution in [2.75, 3.05) is 6.54 Å². The Morgan fingerprint density at radius 1 is 1.36 bits per heavy atom. The average molecular weight is 301 g/mol. The minimum absolute atomic E-state index is 0.0630. The van der Waals surface area contributed by atoms with E-state index in [1.165, 1.54) is 6.07 Å². The number of halogens is 1. The number of rotatable bonds is 3. The van der Waals surface area contributed by atoms with Crippen LogP contribution in [0, 0.1) is 5.82 Å². The molecular weight excluding hydrogens is 281 g/mol. The molecule has 0 fully saturated rings. The highest BCUT2D eigenvalue weighted by atomic mass is 19.1. The standard InChI is InChI=1S/C17H20FN3O/c1-11(2)16-19-15-7-8-21(10-13(15)17(22)20-16)9-12-5-3-4-6-14(12)18/h3-6,11H,7-10H2,1-2H3,(H,19,20,22). The summed E-state index contributed by atoms with van der Waals surface area (Å²) in [6.07, 6.45) is 0.730. The van der Waals surface area contributed by atoms with Crippen LogP contribution < -0.4 is 5.56 Å². The molecule has 0 saturated heterocycles. The van der Waals surface area contributed by atoms with Crippen LogP contribution in [0.1, 0.15) is 42.4 Å². The summed E-state index contributed by atoms with van der Waals surface area (Å²) in [6, 6.07) is 6.78. The van der Waals surface area contributed by atoms with Gasteiger partial charge >= 0.3 is 0 Å². The number of benzene rings is 1. The lowest BCUT2D eigenvalue weighted by Gasteiger charge is -2.28. The lowest BCUT2D eigenvalue weighted by Crippen LogP contribution is -2.36. The number of aromatic amines is 1. The highest BCUT2D eigenvalue weighted by Crippen LogP contribution is 2.19. The zero-order valence-corrected chi connectivity index (χ0v) is 12.9. The Kier molecular flexibility index (Phi) is 4.07. The molecule has 3 rings (SSSR count). The monoisotopic (exact) mass is 301 g/mol. The van der Waals surface area contributed by atoms with Crippen molar-refractivity contribution in [1.82, 2.24) is 14.9 Å². The number of aromatic nitrogens is 2. The van der Waals surface area contributed by atoms with Crippen molar-refractivity contribution in [2.24, 2.45) is 0 Å². The summed E-state index contributed by atoms with van der Waals surface area (Å²) in [4.78, 5) is 21.8. The van der Waals surface area contributed by atoms with Crippen LogP contribution >= 0.6 is 0 Å². The maximum Gasteiger partial charge on any atom is 0.255 e. The molecule has 1 N–H and O–H groups in total. The van der Waals surface area contributed by atoms with Crippen molar-refractivity contribution < 1.29 is 4.39 Å². The third-order valence-corrected chi connectivity index (χ3v) is 4.06. The molecule has 0 radical (unpaired) electrons. The molecule has 4 nitrogen and oxygen atoms in total. The first-order chi connectivity index (χ1) is 10.5. The second kappa shape index (κ2) is 6.01. The number of nitrogens with zero attached hydrogens (tertiary/aromatic N) is 2. The second-order valence-corrected chi connectivity index (χ2v) is 6.08. The van der Waals surface area contributed by atoms with Crippen LogP contribution in [-0.2, 0) is 19.5 Å². The van der Waals surface area contributed by atoms with Gasteiger partial charge in [0.25, 0.3) is 5.56 Å². The van der Waals surface area contributed by atoms with Crippen LogP contribution in [-0.4, -0.2) is 21.4 Å². The summed E-state index contributed by atoms with van der Waals surface area (Å²) in [5.74, 6) is 0.747. The Hall–Kier alpha value is -2.01. The Morgan fingerprint density at radius 2 is 2.14 bits per heavy atom. The first-order valence-corrected chi connectivity index (χ1v) is 7.62. The smallest absolute Gasteiger partial charge is 0.255 e. The van der Waals surface area contributed by atoms with Crippen molar-refractivity contribution in [2.45, 2.75) is 39.3 Å². The summed E-state index contributed by atoms with van der Waals surface area (Å²) in [5, 5.41) is 0. The SMILES string of the molecule is CC(C)c1nc2c(c(=O)[nH]1)CN(Cc1ccccc1F)CC2. The van der Waals surface area contributed by atoms with E-state index in [1.54, 1.807) is 12.1 Å². The number of fused-ring (bicyclic) bond motifs is 1. The molecule has 116 valence electrons. The molecule has 1 aliphatic heterocycles. The van der Waals surface area contributed by atoms with Crippen LogP contribution in [0.3, 0.4) is 0 Å². The fourth-order valence-electron chi connectivity index (χ4n) is 2.78. The maximum atomic E-state index is 13.8. The van der Waals surface area contributed by atoms with Crippen LogP contribution in [0.25, 0.3) is 0 Å². The zero-order chi connectivity index (χ0) is 15.7. The molecule has 1 aromatic carbocycles. The van der Waals surface area contributed by atoms with E-state index in [0.29, 0.717) is 24.2 Å². The van der Waals surface area contributed by atoms with E-state index in [4.69, 9.17) is 0 Å². The van der Waals surface area contributed by atoms with Crippen molar-refractivity contribution in [3.63, 3.8) is 0 Å². The fraction of sp³-hybridized carbons (Fsp3) is 0.412. The lowest BCUT2D eigenvalue weighted by molar-refractivity contribution is 0.238. The zero-order valence-electron chi connectivity index (χ0n) is 12.9. The molecule has 0 spiro atoms. The van der Waals surface area contributed by atoms with E-state index in [0.717, 1.165) is 24.5 Å². The molecular formula is C17H20FN3O. The largest absolute Gasteiger partial charge is 0.310 e. The quantitative estimate of drug-likeness (QED) is 0.948. The van der Waals surface area contributed by atoms with Gasteiger partial charge in [-0.3, -0.25) is 9.69 Å². The number of hydrogen-bond donors (Lipinski definition) is 1. The molecule has 22 heavy (non-hydrogen) atoms. The second-order valence-electron chi connectivity index (χ2n) is 6.08. The number of hydrogen-bond acceptors (Lipinski definition) is 3. The van der Waals surface area contributed by atoms with Crippen molar-refractivity contribution in [1.29, 1.82) is 0 Å². The minimum atomic E-state index is -0.199. The Bertz CT molecular complexity index is 739. The molecule has 5 heteroatoms. The minimum Gasteiger partial charge on any atom is -0.310 e. The van der Waals surface area contributed by atoms with Crippen molar-refractivity contribution >= 4 is 0 Å². The summed E-state index contributed by atoms with van der Waals surface area (Å²) in [7, 11) is 0. The van der Waals surface area contributed by atoms with Crippen molar-refractivity contribution in [3.8, 4) is 0 Å². The van der Waals surface area contributed by atoms with E-state index in [9.17, 15) is 9.18 Å². The maximum absolute atomic E-state index is 13.8. The number of H-pyrrole nitrogens is 1. The normalized spacial score (nSPS) is 15.1. The van der Waals surface area contributed by atoms with Gasteiger partial charge in [-0.15, -0.1) is 0 Å². The van der Waals surface area contributed by atoms with Gasteiger partial charge in [0, 0.05) is 37.5 Å². The summed E-state index contributed by atoms with van der Waals surface area (Å²) >= 11 is 0. The first-order valence-electron chi connectivity index (χ1n) is 7.62. The summed E-state index contributed by atoms with van der Waals surface area (Å²) < 4.78 is 13.8. The highest BCUT2D eigenvalue weighted by molar-refractivity contribution is 5.23. The fourth-order valence-corrected chi connectivity index (χ4v) is 2.78. The van der Waals surface area contributed by atoms with Gasteiger partial charge in [0.05, 0.1) is 11.3 Å². The first kappa shape index (κ1) is 14.9. The average Bonchev–Trinajstić information content (AvgIpc) is 2.50. The van der Waals surface area contributed by atoms with E-state index in [-0.39, 0.29) is 17.3 Å². The Labute approximate surface area is 129 Å². The van der Waals surface area contributed by atoms with Gasteiger partial charge in [-0.1, -0.05) is 32.0 Å². The lowest BCUT2D eigenvalue weighted by atomic mass is 10.0. The number of nitrogens with one attached hydrogen (secondary N) is 1. The summed E-state index contributed by atoms with van der Waals surface area (Å²) in [6.45, 7) is 5.84. The predicted molar refractivity (Wildman–Crippen MR) is 83.2 cm³/mol. The molecule has 0 aliphatic carbocycles. The third-order valence-electron chi connectivity index (χ3n) is 4.06. The molecule has 0 bridgehead atoms. The van der Waals surface area contributed by atoms with Gasteiger partial charge < -0.3 is 4.98 Å². The molecule has 1 aromatic heterocycles. The predicted octanol–water partition coefficient (Wildman–Crippen LogP) is 2.59. The molecule has 0 unspecified atom stereocenters. The van der Waals surface area contributed by atoms with E-state index < -0.39 is 0 Å². The van der Waals surface area contributed by atoms with Gasteiger partial charge in [-0.05, 0) is 6.07 Å². The van der Waals surface area contributed by atoms with Crippen molar-refractivity contribution in [3.05, 3.63) is 63.1 Å². The molecule has 0 atom stereocenters. The van der Waals surface area contributed by atoms with E-state index in [2.05, 4.69) is 14.9 Å². The summed E-state index contributed by atoms with van der Waals surface area (Å²) in [5.41, 5.74) is 2.20. The molecule has 2 heterocycles. The van der Waals surface area contributed by atoms with Gasteiger partial charge in [-0.25, -0.2) is 9.37 Å². The molecule has 2 aromatic rings. The van der Waals surface area contributed by atoms with Gasteiger partial charge in [0.1, 0.15) is 11.6 Å². The van der Waals surface area contributed by atoms with Crippen LogP contribution in [0.15, 0.2) is 29.1 Å². The van der Waals surface area contributed by atoms with Crippen LogP contribution in [0.4, 0.5) is 4.39 Å². The molecule has 0 amide bonds. The Morgan fingerprint density at radius 3 is 2.86 bits per heavy atom. The van der Waals surface area contributed by atoms with Gasteiger partial charge in [0.15, 0.2) is 0 Å². The molecule has 0 saturated carbocycles. The van der Waals surface area contributed by atoms with Crippen LogP contribution in [0.5, 0.6) is 0 Å². The van der Waals surface area contributed by atoms with Gasteiger partial charge in [-0.2, -0.15) is 0 Å². The van der Waals surface area contributed by atoms with E-state index >= 15 is 0 Å². The van der Waals surface area contributed by atoms with Gasteiger partial charge in [0.2, 0.25) is 0 Å². The van der Waals surface area contributed by atoms with E-state index in [1.807, 2.05) is 19.9 Å². The highest BCUT2D eigenvalue weighted by Gasteiger charge is 2.22. The van der Waals surface area contributed by atoms with Crippen LogP contribution in [0.2, 0.25) is 0 Å².